The molecule has 360 valence electrons. The van der Waals surface area contributed by atoms with Gasteiger partial charge in [0, 0.05) is 11.1 Å². The van der Waals surface area contributed by atoms with Crippen molar-refractivity contribution in [2.24, 2.45) is 0 Å². The van der Waals surface area contributed by atoms with Gasteiger partial charge in [0.2, 0.25) is 10.7 Å². The lowest BCUT2D eigenvalue weighted by Crippen LogP contribution is -2.07. The molecular weight excluding hydrogens is 811 g/mol. The minimum Gasteiger partial charge on any atom is -0.494 e. The summed E-state index contributed by atoms with van der Waals surface area (Å²) in [6.07, 6.45) is 42.8. The molecule has 0 fully saturated rings. The van der Waals surface area contributed by atoms with Gasteiger partial charge in [-0.1, -0.05) is 219 Å². The van der Waals surface area contributed by atoms with Crippen molar-refractivity contribution >= 4 is 16.3 Å². The monoisotopic (exact) mass is 902 g/mol. The molecule has 0 saturated heterocycles. The number of benzene rings is 2. The lowest BCUT2D eigenvalue weighted by molar-refractivity contribution is 0.234. The maximum atomic E-state index is 6.65. The van der Waals surface area contributed by atoms with Gasteiger partial charge in [-0.2, -0.15) is 5.10 Å². The molecule has 0 radical (unpaired) electrons. The molecule has 0 spiro atoms. The second-order valence-corrected chi connectivity index (χ2v) is 19.3. The average molecular weight is 902 g/mol. The molecule has 0 aliphatic heterocycles. The normalized spacial score (nSPS) is 11.5. The van der Waals surface area contributed by atoms with Gasteiger partial charge in [0.25, 0.3) is 0 Å². The van der Waals surface area contributed by atoms with Crippen LogP contribution in [0.2, 0.25) is 0 Å². The molecule has 2 heterocycles. The average Bonchev–Trinajstić information content (AvgIpc) is 3.90. The summed E-state index contributed by atoms with van der Waals surface area (Å²) in [4.78, 5) is 5.88. The molecule has 4 aromatic rings. The van der Waals surface area contributed by atoms with Gasteiger partial charge in [-0.15, -0.1) is 0 Å². The summed E-state index contributed by atoms with van der Waals surface area (Å²) in [5, 5.41) is 5.96. The zero-order valence-corrected chi connectivity index (χ0v) is 42.2. The summed E-state index contributed by atoms with van der Waals surface area (Å²) < 4.78 is 27.9. The highest BCUT2D eigenvalue weighted by Gasteiger charge is 2.20. The van der Waals surface area contributed by atoms with Gasteiger partial charge in [-0.05, 0) is 62.1 Å². The molecule has 4 rings (SSSR count). The van der Waals surface area contributed by atoms with Gasteiger partial charge >= 0.3 is 0 Å². The topological polar surface area (TPSA) is 67.1 Å². The first-order valence-corrected chi connectivity index (χ1v) is 27.6. The summed E-state index contributed by atoms with van der Waals surface area (Å²) in [5.41, 5.74) is 2.95. The van der Waals surface area contributed by atoms with Crippen molar-refractivity contribution in [3.05, 3.63) is 42.6 Å². The summed E-state index contributed by atoms with van der Waals surface area (Å²) >= 11 is 1.60. The van der Waals surface area contributed by atoms with Crippen LogP contribution in [0.25, 0.3) is 26.8 Å². The summed E-state index contributed by atoms with van der Waals surface area (Å²) in [6.45, 7) is 11.9. The molecule has 0 saturated carbocycles. The Hall–Kier alpha value is -3.26. The number of aromatic nitrogens is 3. The van der Waals surface area contributed by atoms with Crippen molar-refractivity contribution < 1.29 is 18.9 Å². The zero-order chi connectivity index (χ0) is 45.1. The Morgan fingerprint density at radius 2 is 0.797 bits per heavy atom. The van der Waals surface area contributed by atoms with Gasteiger partial charge < -0.3 is 18.9 Å². The second-order valence-electron chi connectivity index (χ2n) is 18.4. The summed E-state index contributed by atoms with van der Waals surface area (Å²) in [7, 11) is 0. The Bertz CT molecular complexity index is 1640. The van der Waals surface area contributed by atoms with Gasteiger partial charge in [0.15, 0.2) is 11.5 Å². The smallest absolute Gasteiger partial charge is 0.213 e. The number of imidazole rings is 1. The first-order valence-electron chi connectivity index (χ1n) is 26.8. The molecular formula is C56H91N3O4S. The van der Waals surface area contributed by atoms with Crippen molar-refractivity contribution in [3.63, 3.8) is 0 Å². The van der Waals surface area contributed by atoms with E-state index < -0.39 is 0 Å². The first kappa shape index (κ1) is 53.4. The Labute approximate surface area is 395 Å². The maximum absolute atomic E-state index is 6.65. The standard InChI is InChI=1S/C56H91N3O4S/c1-5-9-13-17-21-25-29-33-41-60-50-39-37-48(38-40-50)51-47-59-56(57-51)64-55(58-59)49-45-52(61-42-34-30-26-22-18-14-10-6-2)54(63-44-36-32-28-24-20-16-12-8-4)53(46-49)62-43-35-31-27-23-19-15-11-7-3/h37-40,45-47H,5-36,41-44H2,1-4H3. The number of rotatable bonds is 42. The predicted molar refractivity (Wildman–Crippen MR) is 274 cm³/mol. The fourth-order valence-electron chi connectivity index (χ4n) is 8.41. The fourth-order valence-corrected chi connectivity index (χ4v) is 9.28. The molecule has 2 aromatic heterocycles. The van der Waals surface area contributed by atoms with Crippen molar-refractivity contribution in [2.75, 3.05) is 26.4 Å². The van der Waals surface area contributed by atoms with Crippen LogP contribution in [0.3, 0.4) is 0 Å². The Morgan fingerprint density at radius 3 is 1.20 bits per heavy atom. The molecule has 64 heavy (non-hydrogen) atoms. The van der Waals surface area contributed by atoms with E-state index in [-0.39, 0.29) is 0 Å². The quantitative estimate of drug-likeness (QED) is 0.0413. The van der Waals surface area contributed by atoms with Crippen molar-refractivity contribution in [2.45, 2.75) is 233 Å². The maximum Gasteiger partial charge on any atom is 0.213 e. The van der Waals surface area contributed by atoms with Crippen LogP contribution in [-0.2, 0) is 0 Å². The number of fused-ring (bicyclic) bond motifs is 1. The Morgan fingerprint density at radius 1 is 0.422 bits per heavy atom. The highest BCUT2D eigenvalue weighted by atomic mass is 32.1. The largest absolute Gasteiger partial charge is 0.494 e. The van der Waals surface area contributed by atoms with Gasteiger partial charge in [0.1, 0.15) is 10.8 Å². The minimum absolute atomic E-state index is 0.663. The molecule has 0 atom stereocenters. The van der Waals surface area contributed by atoms with E-state index in [1.165, 1.54) is 180 Å². The Kier molecular flexibility index (Phi) is 29.2. The van der Waals surface area contributed by atoms with E-state index in [1.807, 2.05) is 10.7 Å². The SMILES string of the molecule is CCCCCCCCCCOc1ccc(-c2cn3nc(-c4cc(OCCCCCCCCCC)c(OCCCCCCCCCC)c(OCCCCCCCCCC)c4)sc3n2)cc1. The number of ether oxygens (including phenoxy) is 4. The molecule has 0 amide bonds. The Balaban J connectivity index is 1.44. The number of hydrogen-bond donors (Lipinski definition) is 0. The third-order valence-corrected chi connectivity index (χ3v) is 13.5. The number of hydrogen-bond acceptors (Lipinski definition) is 7. The van der Waals surface area contributed by atoms with Crippen LogP contribution in [0.15, 0.2) is 42.6 Å². The van der Waals surface area contributed by atoms with Gasteiger partial charge in [-0.25, -0.2) is 9.50 Å². The zero-order valence-electron chi connectivity index (χ0n) is 41.4. The highest BCUT2D eigenvalue weighted by Crippen LogP contribution is 2.43. The molecule has 0 aliphatic carbocycles. The molecule has 0 unspecified atom stereocenters. The summed E-state index contributed by atoms with van der Waals surface area (Å²) in [5.74, 6) is 3.20. The van der Waals surface area contributed by atoms with Crippen LogP contribution in [0.5, 0.6) is 23.0 Å². The molecule has 8 heteroatoms. The van der Waals surface area contributed by atoms with Crippen LogP contribution in [0.1, 0.15) is 233 Å². The molecule has 2 aromatic carbocycles. The van der Waals surface area contributed by atoms with E-state index in [9.17, 15) is 0 Å². The fraction of sp³-hybridized carbons (Fsp3) is 0.714. The number of nitrogens with zero attached hydrogens (tertiary/aromatic N) is 3. The van der Waals surface area contributed by atoms with Crippen LogP contribution in [-0.4, -0.2) is 41.0 Å². The second kappa shape index (κ2) is 35.0. The summed E-state index contributed by atoms with van der Waals surface area (Å²) in [6, 6.07) is 12.6. The molecule has 0 N–H and O–H groups in total. The van der Waals surface area contributed by atoms with E-state index in [2.05, 4.69) is 64.1 Å². The van der Waals surface area contributed by atoms with E-state index in [1.54, 1.807) is 11.3 Å². The van der Waals surface area contributed by atoms with E-state index in [4.69, 9.17) is 29.0 Å². The van der Waals surface area contributed by atoms with Gasteiger partial charge in [0.05, 0.1) is 38.3 Å². The van der Waals surface area contributed by atoms with Crippen molar-refractivity contribution in [3.8, 4) is 44.8 Å². The third kappa shape index (κ3) is 21.8. The minimum atomic E-state index is 0.663. The van der Waals surface area contributed by atoms with E-state index >= 15 is 0 Å². The molecule has 7 nitrogen and oxygen atoms in total. The molecule has 0 bridgehead atoms. The lowest BCUT2D eigenvalue weighted by Gasteiger charge is -2.18. The number of unbranched alkanes of at least 4 members (excludes halogenated alkanes) is 28. The highest BCUT2D eigenvalue weighted by molar-refractivity contribution is 7.19. The molecule has 0 aliphatic rings. The predicted octanol–water partition coefficient (Wildman–Crippen LogP) is 18.2. The van der Waals surface area contributed by atoms with Crippen LogP contribution in [0.4, 0.5) is 0 Å². The van der Waals surface area contributed by atoms with Crippen LogP contribution in [0, 0.1) is 0 Å². The third-order valence-electron chi connectivity index (χ3n) is 12.5. The first-order chi connectivity index (χ1) is 31.7. The van der Waals surface area contributed by atoms with Crippen LogP contribution >= 0.6 is 11.3 Å². The van der Waals surface area contributed by atoms with Crippen LogP contribution < -0.4 is 18.9 Å². The van der Waals surface area contributed by atoms with Crippen molar-refractivity contribution in [1.29, 1.82) is 0 Å². The van der Waals surface area contributed by atoms with Crippen molar-refractivity contribution in [1.82, 2.24) is 14.6 Å². The van der Waals surface area contributed by atoms with E-state index in [0.717, 1.165) is 82.1 Å². The lowest BCUT2D eigenvalue weighted by atomic mass is 10.1. The van der Waals surface area contributed by atoms with E-state index in [0.29, 0.717) is 19.8 Å². The van der Waals surface area contributed by atoms with Gasteiger partial charge in [-0.3, -0.25) is 0 Å².